The highest BCUT2D eigenvalue weighted by Gasteiger charge is 2.01. The predicted molar refractivity (Wildman–Crippen MR) is 67.5 cm³/mol. The number of halogens is 2. The predicted octanol–water partition coefficient (Wildman–Crippen LogP) is 1.88. The quantitative estimate of drug-likeness (QED) is 0.627. The van der Waals surface area contributed by atoms with E-state index >= 15 is 0 Å². The third-order valence-electron chi connectivity index (χ3n) is 2.00. The Morgan fingerprint density at radius 3 is 2.94 bits per heavy atom. The van der Waals surface area contributed by atoms with Gasteiger partial charge < -0.3 is 5.32 Å². The first-order valence-corrected chi connectivity index (χ1v) is 5.54. The average molecular weight is 257 g/mol. The molecule has 0 aromatic heterocycles. The molecular weight excluding hydrogens is 247 g/mol. The van der Waals surface area contributed by atoms with Crippen LogP contribution in [0.4, 0.5) is 0 Å². The molecule has 0 bridgehead atoms. The van der Waals surface area contributed by atoms with Crippen LogP contribution in [-0.4, -0.2) is 25.3 Å². The molecule has 2 rings (SSSR count). The van der Waals surface area contributed by atoms with Crippen molar-refractivity contribution in [3.8, 4) is 0 Å². The summed E-state index contributed by atoms with van der Waals surface area (Å²) in [6, 6.07) is 5.32. The third kappa shape index (κ3) is 2.87. The van der Waals surface area contributed by atoms with Crippen LogP contribution in [0.25, 0.3) is 0 Å². The van der Waals surface area contributed by atoms with E-state index in [4.69, 9.17) is 23.2 Å². The van der Waals surface area contributed by atoms with Gasteiger partial charge in [-0.15, -0.1) is 0 Å². The first-order chi connectivity index (χ1) is 7.75. The molecule has 1 aliphatic rings. The molecule has 84 valence electrons. The van der Waals surface area contributed by atoms with E-state index < -0.39 is 0 Å². The highest BCUT2D eigenvalue weighted by atomic mass is 35.5. The molecule has 1 heterocycles. The third-order valence-corrected chi connectivity index (χ3v) is 2.74. The lowest BCUT2D eigenvalue weighted by atomic mass is 10.2. The average Bonchev–Trinajstić information content (AvgIpc) is 2.76. The van der Waals surface area contributed by atoms with Gasteiger partial charge in [0.25, 0.3) is 0 Å². The highest BCUT2D eigenvalue weighted by molar-refractivity contribution is 6.42. The Hall–Kier alpha value is -1.26. The molecule has 0 aliphatic carbocycles. The van der Waals surface area contributed by atoms with Crippen LogP contribution < -0.4 is 10.7 Å². The van der Waals surface area contributed by atoms with Crippen LogP contribution in [0.5, 0.6) is 0 Å². The van der Waals surface area contributed by atoms with Crippen molar-refractivity contribution in [2.24, 2.45) is 10.1 Å². The molecule has 0 saturated carbocycles. The Labute approximate surface area is 103 Å². The zero-order valence-corrected chi connectivity index (χ0v) is 9.89. The Morgan fingerprint density at radius 1 is 1.38 bits per heavy atom. The van der Waals surface area contributed by atoms with Crippen molar-refractivity contribution in [1.82, 2.24) is 10.7 Å². The minimum atomic E-state index is 0.516. The summed E-state index contributed by atoms with van der Waals surface area (Å²) < 4.78 is 0. The lowest BCUT2D eigenvalue weighted by Crippen LogP contribution is -2.30. The maximum Gasteiger partial charge on any atom is 0.212 e. The number of benzene rings is 1. The van der Waals surface area contributed by atoms with E-state index in [2.05, 4.69) is 20.8 Å². The second-order valence-corrected chi connectivity index (χ2v) is 4.02. The van der Waals surface area contributed by atoms with Crippen molar-refractivity contribution in [2.75, 3.05) is 13.1 Å². The number of hydrogen-bond donors (Lipinski definition) is 2. The first-order valence-electron chi connectivity index (χ1n) is 4.78. The largest absolute Gasteiger partial charge is 0.353 e. The Bertz CT molecular complexity index is 442. The van der Waals surface area contributed by atoms with Crippen molar-refractivity contribution in [2.45, 2.75) is 0 Å². The summed E-state index contributed by atoms with van der Waals surface area (Å²) in [6.45, 7) is 1.63. The summed E-state index contributed by atoms with van der Waals surface area (Å²) in [4.78, 5) is 4.13. The number of nitrogens with one attached hydrogen (secondary N) is 2. The molecule has 1 aliphatic heterocycles. The fraction of sp³-hybridized carbons (Fsp3) is 0.200. The van der Waals surface area contributed by atoms with Gasteiger partial charge in [-0.05, 0) is 17.7 Å². The number of guanidine groups is 1. The summed E-state index contributed by atoms with van der Waals surface area (Å²) in [7, 11) is 0. The fourth-order valence-corrected chi connectivity index (χ4v) is 1.54. The summed E-state index contributed by atoms with van der Waals surface area (Å²) in [5.41, 5.74) is 3.67. The van der Waals surface area contributed by atoms with E-state index in [0.29, 0.717) is 16.0 Å². The number of hydrazone groups is 1. The normalized spacial score (nSPS) is 15.0. The van der Waals surface area contributed by atoms with Gasteiger partial charge in [0.1, 0.15) is 0 Å². The van der Waals surface area contributed by atoms with Crippen LogP contribution in [0.1, 0.15) is 5.56 Å². The number of hydrogen-bond acceptors (Lipinski definition) is 4. The molecule has 0 amide bonds. The lowest BCUT2D eigenvalue weighted by molar-refractivity contribution is 0.920. The Kier molecular flexibility index (Phi) is 3.64. The van der Waals surface area contributed by atoms with Crippen molar-refractivity contribution in [1.29, 1.82) is 0 Å². The maximum absolute atomic E-state index is 5.87. The van der Waals surface area contributed by atoms with Crippen molar-refractivity contribution < 1.29 is 0 Å². The minimum Gasteiger partial charge on any atom is -0.353 e. The van der Waals surface area contributed by atoms with Crippen molar-refractivity contribution in [3.63, 3.8) is 0 Å². The monoisotopic (exact) mass is 256 g/mol. The molecule has 0 saturated heterocycles. The summed E-state index contributed by atoms with van der Waals surface area (Å²) in [5, 5.41) is 8.12. The molecule has 1 aromatic carbocycles. The molecule has 0 spiro atoms. The van der Waals surface area contributed by atoms with E-state index in [-0.39, 0.29) is 0 Å². The Morgan fingerprint density at radius 2 is 2.25 bits per heavy atom. The smallest absolute Gasteiger partial charge is 0.212 e. The van der Waals surface area contributed by atoms with Gasteiger partial charge >= 0.3 is 0 Å². The van der Waals surface area contributed by atoms with Crippen LogP contribution in [-0.2, 0) is 0 Å². The van der Waals surface area contributed by atoms with Crippen LogP contribution in [0.2, 0.25) is 10.0 Å². The summed E-state index contributed by atoms with van der Waals surface area (Å²) in [6.07, 6.45) is 1.66. The second-order valence-electron chi connectivity index (χ2n) is 3.20. The summed E-state index contributed by atoms with van der Waals surface area (Å²) >= 11 is 11.7. The number of nitrogens with zero attached hydrogens (tertiary/aromatic N) is 2. The molecule has 0 fully saturated rings. The second kappa shape index (κ2) is 5.18. The first kappa shape index (κ1) is 11.2. The molecule has 1 aromatic rings. The van der Waals surface area contributed by atoms with Gasteiger partial charge in [-0.25, -0.2) is 10.4 Å². The standard InChI is InChI=1S/C10H10Cl2N4/c11-8-2-1-7(5-9(8)12)6-15-16-10-13-3-4-14-10/h1-2,5-6H,3-4H2,(H2,13,14,16)/b15-6+. The SMILES string of the molecule is Clc1ccc(/C=N/NC2=NCCN2)cc1Cl. The van der Waals surface area contributed by atoms with Gasteiger partial charge in [-0.3, -0.25) is 0 Å². The molecule has 16 heavy (non-hydrogen) atoms. The number of rotatable bonds is 2. The van der Waals surface area contributed by atoms with Crippen LogP contribution in [0.3, 0.4) is 0 Å². The van der Waals surface area contributed by atoms with Crippen molar-refractivity contribution >= 4 is 35.4 Å². The van der Waals surface area contributed by atoms with Crippen molar-refractivity contribution in [3.05, 3.63) is 33.8 Å². The molecule has 0 atom stereocenters. The lowest BCUT2D eigenvalue weighted by Gasteiger charge is -2.00. The van der Waals surface area contributed by atoms with Gasteiger partial charge in [-0.1, -0.05) is 29.3 Å². The molecular formula is C10H10Cl2N4. The molecule has 0 unspecified atom stereocenters. The van der Waals surface area contributed by atoms with E-state index in [1.54, 1.807) is 18.3 Å². The molecule has 6 heteroatoms. The van der Waals surface area contributed by atoms with E-state index in [9.17, 15) is 0 Å². The van der Waals surface area contributed by atoms with E-state index in [1.165, 1.54) is 0 Å². The van der Waals surface area contributed by atoms with Gasteiger partial charge in [0.05, 0.1) is 22.8 Å². The van der Waals surface area contributed by atoms with Crippen LogP contribution in [0, 0.1) is 0 Å². The maximum atomic E-state index is 5.87. The van der Waals surface area contributed by atoms with Gasteiger partial charge in [-0.2, -0.15) is 5.10 Å². The zero-order valence-electron chi connectivity index (χ0n) is 8.37. The molecule has 0 radical (unpaired) electrons. The minimum absolute atomic E-state index is 0.516. The van der Waals surface area contributed by atoms with Gasteiger partial charge in [0.2, 0.25) is 5.96 Å². The molecule has 4 nitrogen and oxygen atoms in total. The fourth-order valence-electron chi connectivity index (χ4n) is 1.23. The van der Waals surface area contributed by atoms with Crippen LogP contribution >= 0.6 is 23.2 Å². The van der Waals surface area contributed by atoms with E-state index in [1.807, 2.05) is 6.07 Å². The summed E-state index contributed by atoms with van der Waals surface area (Å²) in [5.74, 6) is 0.691. The topological polar surface area (TPSA) is 48.8 Å². The highest BCUT2D eigenvalue weighted by Crippen LogP contribution is 2.21. The van der Waals surface area contributed by atoms with Gasteiger partial charge in [0, 0.05) is 6.54 Å². The van der Waals surface area contributed by atoms with Gasteiger partial charge in [0.15, 0.2) is 0 Å². The molecule has 2 N–H and O–H groups in total. The van der Waals surface area contributed by atoms with E-state index in [0.717, 1.165) is 18.7 Å². The zero-order chi connectivity index (χ0) is 11.4. The Balaban J connectivity index is 1.97. The van der Waals surface area contributed by atoms with Crippen LogP contribution in [0.15, 0.2) is 28.3 Å². The number of aliphatic imine (C=N–C) groups is 1.